The lowest BCUT2D eigenvalue weighted by Gasteiger charge is -2.33. The molecule has 3 nitrogen and oxygen atoms in total. The Hall–Kier alpha value is -2.01. The third-order valence-corrected chi connectivity index (χ3v) is 5.16. The van der Waals surface area contributed by atoms with Crippen LogP contribution < -0.4 is 0 Å². The van der Waals surface area contributed by atoms with Crippen LogP contribution in [0.3, 0.4) is 0 Å². The number of nitrogens with zero attached hydrogens (tertiary/aromatic N) is 2. The maximum absolute atomic E-state index is 12.3. The largest absolute Gasteiger partial charge is 0.311 e. The number of amides is 1. The van der Waals surface area contributed by atoms with E-state index in [1.54, 1.807) is 12.4 Å². The number of hydrogen-bond donors (Lipinski definition) is 0. The SMILES string of the molecule is C=CC(=C)F.CC.CC=C(C)C.CCC1C=C(C)N(Cc2cccnc2)C(=O)C1Br. The zero-order chi connectivity index (χ0) is 23.7. The van der Waals surface area contributed by atoms with E-state index in [0.717, 1.165) is 23.8 Å². The molecule has 1 aliphatic rings. The van der Waals surface area contributed by atoms with Crippen molar-refractivity contribution in [2.75, 3.05) is 0 Å². The molecule has 0 aliphatic carbocycles. The van der Waals surface area contributed by atoms with Crippen molar-refractivity contribution < 1.29 is 9.18 Å². The van der Waals surface area contributed by atoms with Crippen molar-refractivity contribution in [1.29, 1.82) is 0 Å². The van der Waals surface area contributed by atoms with Crippen molar-refractivity contribution in [2.45, 2.75) is 66.3 Å². The Labute approximate surface area is 191 Å². The third kappa shape index (κ3) is 12.5. The van der Waals surface area contributed by atoms with Gasteiger partial charge in [0, 0.05) is 18.1 Å². The van der Waals surface area contributed by atoms with E-state index in [2.05, 4.69) is 67.0 Å². The highest BCUT2D eigenvalue weighted by Gasteiger charge is 2.32. The van der Waals surface area contributed by atoms with Gasteiger partial charge in [0.25, 0.3) is 0 Å². The van der Waals surface area contributed by atoms with Gasteiger partial charge in [0.2, 0.25) is 5.91 Å². The summed E-state index contributed by atoms with van der Waals surface area (Å²) in [6, 6.07) is 3.88. The molecular formula is C25H38BrFN2O. The van der Waals surface area contributed by atoms with Crippen LogP contribution in [0.5, 0.6) is 0 Å². The van der Waals surface area contributed by atoms with Crippen molar-refractivity contribution in [1.82, 2.24) is 9.88 Å². The summed E-state index contributed by atoms with van der Waals surface area (Å²) in [5.41, 5.74) is 3.46. The van der Waals surface area contributed by atoms with E-state index in [-0.39, 0.29) is 10.7 Å². The van der Waals surface area contributed by atoms with Crippen LogP contribution in [-0.2, 0) is 11.3 Å². The van der Waals surface area contributed by atoms with E-state index >= 15 is 0 Å². The van der Waals surface area contributed by atoms with Crippen LogP contribution in [0.4, 0.5) is 4.39 Å². The number of alkyl halides is 1. The molecule has 2 rings (SSSR count). The highest BCUT2D eigenvalue weighted by atomic mass is 79.9. The molecule has 0 fully saturated rings. The maximum Gasteiger partial charge on any atom is 0.241 e. The van der Waals surface area contributed by atoms with Crippen LogP contribution in [-0.4, -0.2) is 20.6 Å². The molecule has 2 heterocycles. The second-order valence-electron chi connectivity index (χ2n) is 6.58. The minimum absolute atomic E-state index is 0.108. The lowest BCUT2D eigenvalue weighted by molar-refractivity contribution is -0.130. The molecule has 0 radical (unpaired) electrons. The molecule has 1 aliphatic heterocycles. The Morgan fingerprint density at radius 2 is 1.90 bits per heavy atom. The van der Waals surface area contributed by atoms with Gasteiger partial charge in [-0.3, -0.25) is 9.78 Å². The van der Waals surface area contributed by atoms with Gasteiger partial charge in [-0.25, -0.2) is 4.39 Å². The van der Waals surface area contributed by atoms with Crippen molar-refractivity contribution >= 4 is 21.8 Å². The van der Waals surface area contributed by atoms with Gasteiger partial charge in [0.1, 0.15) is 10.7 Å². The molecule has 2 atom stereocenters. The molecule has 1 aromatic rings. The number of hydrogen-bond acceptors (Lipinski definition) is 2. The number of rotatable bonds is 4. The zero-order valence-electron chi connectivity index (χ0n) is 19.6. The fourth-order valence-corrected chi connectivity index (χ4v) is 2.97. The number of carbonyl (C=O) groups excluding carboxylic acids is 1. The minimum Gasteiger partial charge on any atom is -0.311 e. The van der Waals surface area contributed by atoms with Gasteiger partial charge in [-0.15, -0.1) is 0 Å². The first-order valence-corrected chi connectivity index (χ1v) is 11.2. The lowest BCUT2D eigenvalue weighted by atomic mass is 9.96. The average Bonchev–Trinajstić information content (AvgIpc) is 2.76. The molecule has 1 aromatic heterocycles. The minimum atomic E-state index is -0.481. The number of pyridine rings is 1. The Bertz CT molecular complexity index is 694. The quantitative estimate of drug-likeness (QED) is 0.250. The first-order valence-electron chi connectivity index (χ1n) is 10.3. The van der Waals surface area contributed by atoms with Gasteiger partial charge >= 0.3 is 0 Å². The van der Waals surface area contributed by atoms with Gasteiger partial charge in [-0.05, 0) is 57.7 Å². The molecule has 1 amide bonds. The van der Waals surface area contributed by atoms with Crippen LogP contribution in [0.15, 0.2) is 73.0 Å². The van der Waals surface area contributed by atoms with Gasteiger partial charge in [0.15, 0.2) is 0 Å². The van der Waals surface area contributed by atoms with Crippen molar-refractivity contribution in [3.63, 3.8) is 0 Å². The summed E-state index contributed by atoms with van der Waals surface area (Å²) in [4.78, 5) is 18.1. The molecule has 0 spiro atoms. The monoisotopic (exact) mass is 480 g/mol. The normalized spacial score (nSPS) is 16.9. The molecule has 2 unspecified atom stereocenters. The predicted molar refractivity (Wildman–Crippen MR) is 132 cm³/mol. The number of carbonyl (C=O) groups is 1. The Balaban J connectivity index is 0. The Kier molecular flexibility index (Phi) is 17.9. The summed E-state index contributed by atoms with van der Waals surface area (Å²) in [6.45, 7) is 20.9. The third-order valence-electron chi connectivity index (χ3n) is 4.09. The van der Waals surface area contributed by atoms with Crippen molar-refractivity contribution in [3.8, 4) is 0 Å². The van der Waals surface area contributed by atoms with Crippen LogP contribution in [0.2, 0.25) is 0 Å². The fourth-order valence-electron chi connectivity index (χ4n) is 2.19. The highest BCUT2D eigenvalue weighted by molar-refractivity contribution is 9.10. The van der Waals surface area contributed by atoms with Crippen molar-refractivity contribution in [3.05, 3.63) is 78.6 Å². The van der Waals surface area contributed by atoms with E-state index in [0.29, 0.717) is 12.5 Å². The lowest BCUT2D eigenvalue weighted by Crippen LogP contribution is -2.41. The fraction of sp³-hybridized carbons (Fsp3) is 0.440. The van der Waals surface area contributed by atoms with Crippen LogP contribution in [0.1, 0.15) is 60.5 Å². The van der Waals surface area contributed by atoms with Crippen LogP contribution in [0.25, 0.3) is 0 Å². The van der Waals surface area contributed by atoms with E-state index < -0.39 is 5.83 Å². The summed E-state index contributed by atoms with van der Waals surface area (Å²) in [5.74, 6) is -0.0432. The predicted octanol–water partition coefficient (Wildman–Crippen LogP) is 7.77. The van der Waals surface area contributed by atoms with E-state index in [1.807, 2.05) is 44.7 Å². The first-order chi connectivity index (χ1) is 14.2. The number of aromatic nitrogens is 1. The second kappa shape index (κ2) is 17.8. The summed E-state index contributed by atoms with van der Waals surface area (Å²) in [7, 11) is 0. The molecular weight excluding hydrogens is 443 g/mol. The second-order valence-corrected chi connectivity index (χ2v) is 7.57. The smallest absolute Gasteiger partial charge is 0.241 e. The molecule has 0 bridgehead atoms. The van der Waals surface area contributed by atoms with Crippen LogP contribution >= 0.6 is 15.9 Å². The van der Waals surface area contributed by atoms with Gasteiger partial charge in [0.05, 0.1) is 6.54 Å². The van der Waals surface area contributed by atoms with Gasteiger partial charge < -0.3 is 4.90 Å². The van der Waals surface area contributed by atoms with Gasteiger partial charge in [-0.2, -0.15) is 0 Å². The van der Waals surface area contributed by atoms with Gasteiger partial charge in [-0.1, -0.05) is 73.7 Å². The number of allylic oxidation sites excluding steroid dienone is 6. The average molecular weight is 481 g/mol. The highest BCUT2D eigenvalue weighted by Crippen LogP contribution is 2.29. The summed E-state index contributed by atoms with van der Waals surface area (Å²) < 4.78 is 11.1. The molecule has 0 saturated carbocycles. The zero-order valence-corrected chi connectivity index (χ0v) is 21.2. The first kappa shape index (κ1) is 30.2. The molecule has 0 saturated heterocycles. The topological polar surface area (TPSA) is 33.2 Å². The van der Waals surface area contributed by atoms with Crippen LogP contribution in [0, 0.1) is 5.92 Å². The molecule has 30 heavy (non-hydrogen) atoms. The van der Waals surface area contributed by atoms with E-state index in [4.69, 9.17) is 0 Å². The Morgan fingerprint density at radius 3 is 2.27 bits per heavy atom. The maximum atomic E-state index is 12.3. The van der Waals surface area contributed by atoms with E-state index in [1.165, 1.54) is 5.57 Å². The summed E-state index contributed by atoms with van der Waals surface area (Å²) in [5, 5.41) is 0. The summed E-state index contributed by atoms with van der Waals surface area (Å²) >= 11 is 3.51. The number of halogens is 2. The van der Waals surface area contributed by atoms with Crippen molar-refractivity contribution in [2.24, 2.45) is 5.92 Å². The Morgan fingerprint density at radius 1 is 1.37 bits per heavy atom. The molecule has 0 aromatic carbocycles. The standard InChI is InChI=1S/C14H17BrN2O.C5H10.C4H5F.C2H6/c1-3-12-7-10(2)17(14(18)13(12)15)9-11-5-4-6-16-8-11;1-4-5(2)3;1-3-4(2)5;1-2/h4-8,12-13H,3,9H2,1-2H3;4H,1-3H3;3H,1-2H2;1-2H3. The summed E-state index contributed by atoms with van der Waals surface area (Å²) in [6.07, 6.45) is 9.83. The van der Waals surface area contributed by atoms with E-state index in [9.17, 15) is 9.18 Å². The molecule has 168 valence electrons. The molecule has 0 N–H and O–H groups in total. The molecule has 5 heteroatoms.